The van der Waals surface area contributed by atoms with E-state index in [-0.39, 0.29) is 4.90 Å². The van der Waals surface area contributed by atoms with E-state index in [1.165, 1.54) is 24.3 Å². The molecule has 0 amide bonds. The molecule has 1 fully saturated rings. The SMILES string of the molecule is O=S(=O)(N[C@]1(c2ccc(F)cc2)CCNC1)c1ccc(OC(F)(F)F)cc1. The molecule has 2 aromatic rings. The summed E-state index contributed by atoms with van der Waals surface area (Å²) in [5.74, 6) is -0.958. The maximum atomic E-state index is 13.2. The number of hydrogen-bond acceptors (Lipinski definition) is 4. The summed E-state index contributed by atoms with van der Waals surface area (Å²) >= 11 is 0. The van der Waals surface area contributed by atoms with Crippen LogP contribution >= 0.6 is 0 Å². The number of benzene rings is 2. The standard InChI is InChI=1S/C17H16F4N2O3S/c18-13-3-1-12(2-4-13)16(9-10-22-11-16)23-27(24,25)15-7-5-14(6-8-15)26-17(19,20)21/h1-8,22-23H,9-11H2/t16-/m1/s1. The minimum absolute atomic E-state index is 0.203. The van der Waals surface area contributed by atoms with Crippen LogP contribution in [0.3, 0.4) is 0 Å². The summed E-state index contributed by atoms with van der Waals surface area (Å²) in [5, 5.41) is 3.07. The largest absolute Gasteiger partial charge is 0.573 e. The summed E-state index contributed by atoms with van der Waals surface area (Å²) in [6.45, 7) is 0.853. The third-order valence-corrected chi connectivity index (χ3v) is 5.80. The third-order valence-electron chi connectivity index (χ3n) is 4.25. The Labute approximate surface area is 153 Å². The van der Waals surface area contributed by atoms with Gasteiger partial charge in [0.05, 0.1) is 10.4 Å². The van der Waals surface area contributed by atoms with Gasteiger partial charge in [0, 0.05) is 6.54 Å². The monoisotopic (exact) mass is 404 g/mol. The van der Waals surface area contributed by atoms with E-state index in [4.69, 9.17) is 0 Å². The van der Waals surface area contributed by atoms with Crippen molar-refractivity contribution in [3.63, 3.8) is 0 Å². The summed E-state index contributed by atoms with van der Waals surface area (Å²) in [5.41, 5.74) is -0.386. The van der Waals surface area contributed by atoms with E-state index in [1.54, 1.807) is 0 Å². The minimum atomic E-state index is -4.86. The Kier molecular flexibility index (Phi) is 5.15. The van der Waals surface area contributed by atoms with E-state index in [0.29, 0.717) is 25.1 Å². The molecule has 5 nitrogen and oxygen atoms in total. The minimum Gasteiger partial charge on any atom is -0.406 e. The fourth-order valence-corrected chi connectivity index (χ4v) is 4.41. The summed E-state index contributed by atoms with van der Waals surface area (Å²) in [6.07, 6.45) is -4.42. The second-order valence-electron chi connectivity index (χ2n) is 6.14. The molecule has 10 heteroatoms. The third kappa shape index (κ3) is 4.57. The lowest BCUT2D eigenvalue weighted by atomic mass is 9.90. The molecule has 1 atom stereocenters. The molecule has 0 unspecified atom stereocenters. The average molecular weight is 404 g/mol. The molecule has 146 valence electrons. The van der Waals surface area contributed by atoms with Crippen LogP contribution in [0.25, 0.3) is 0 Å². The molecule has 1 aliphatic rings. The summed E-state index contributed by atoms with van der Waals surface area (Å²) < 4.78 is 81.8. The maximum absolute atomic E-state index is 13.2. The van der Waals surface area contributed by atoms with Crippen LogP contribution in [-0.2, 0) is 15.6 Å². The van der Waals surface area contributed by atoms with Crippen LogP contribution in [0.2, 0.25) is 0 Å². The Hall–Kier alpha value is -2.17. The van der Waals surface area contributed by atoms with Gasteiger partial charge in [-0.05, 0) is 54.9 Å². The van der Waals surface area contributed by atoms with Crippen molar-refractivity contribution in [2.75, 3.05) is 13.1 Å². The Balaban J connectivity index is 1.86. The van der Waals surface area contributed by atoms with Crippen molar-refractivity contribution >= 4 is 10.0 Å². The average Bonchev–Trinajstić information content (AvgIpc) is 3.03. The normalized spacial score (nSPS) is 20.6. The van der Waals surface area contributed by atoms with Gasteiger partial charge in [-0.15, -0.1) is 13.2 Å². The highest BCUT2D eigenvalue weighted by Gasteiger charge is 2.39. The van der Waals surface area contributed by atoms with E-state index in [2.05, 4.69) is 14.8 Å². The smallest absolute Gasteiger partial charge is 0.406 e. The van der Waals surface area contributed by atoms with Crippen LogP contribution in [0.1, 0.15) is 12.0 Å². The maximum Gasteiger partial charge on any atom is 0.573 e. The first-order valence-electron chi connectivity index (χ1n) is 7.96. The molecule has 0 bridgehead atoms. The van der Waals surface area contributed by atoms with Gasteiger partial charge in [-0.3, -0.25) is 0 Å². The first kappa shape index (κ1) is 19.6. The molecule has 1 heterocycles. The Morgan fingerprint density at radius 3 is 2.19 bits per heavy atom. The molecule has 0 spiro atoms. The van der Waals surface area contributed by atoms with Crippen molar-refractivity contribution in [1.82, 2.24) is 10.0 Å². The van der Waals surface area contributed by atoms with E-state index >= 15 is 0 Å². The predicted molar refractivity (Wildman–Crippen MR) is 89.0 cm³/mol. The van der Waals surface area contributed by atoms with E-state index in [0.717, 1.165) is 24.3 Å². The fourth-order valence-electron chi connectivity index (χ4n) is 2.99. The molecule has 3 rings (SSSR count). The van der Waals surface area contributed by atoms with Crippen molar-refractivity contribution < 1.29 is 30.7 Å². The van der Waals surface area contributed by atoms with Crippen molar-refractivity contribution in [3.05, 3.63) is 59.9 Å². The zero-order valence-corrected chi connectivity index (χ0v) is 14.7. The van der Waals surface area contributed by atoms with Gasteiger partial charge in [0.15, 0.2) is 0 Å². The quantitative estimate of drug-likeness (QED) is 0.753. The highest BCUT2D eigenvalue weighted by Crippen LogP contribution is 2.31. The zero-order chi connectivity index (χ0) is 19.7. The van der Waals surface area contributed by atoms with Gasteiger partial charge in [0.2, 0.25) is 10.0 Å². The molecule has 0 radical (unpaired) electrons. The molecule has 0 saturated carbocycles. The summed E-state index contributed by atoms with van der Waals surface area (Å²) in [7, 11) is -4.04. The molecule has 1 saturated heterocycles. The number of halogens is 4. The van der Waals surface area contributed by atoms with Crippen molar-refractivity contribution in [2.45, 2.75) is 23.2 Å². The number of sulfonamides is 1. The lowest BCUT2D eigenvalue weighted by molar-refractivity contribution is -0.274. The molecule has 0 aliphatic carbocycles. The van der Waals surface area contributed by atoms with E-state index in [9.17, 15) is 26.0 Å². The second kappa shape index (κ2) is 7.10. The Morgan fingerprint density at radius 2 is 1.67 bits per heavy atom. The lowest BCUT2D eigenvalue weighted by Gasteiger charge is -2.30. The van der Waals surface area contributed by atoms with Crippen LogP contribution < -0.4 is 14.8 Å². The molecule has 27 heavy (non-hydrogen) atoms. The molecule has 2 aromatic carbocycles. The van der Waals surface area contributed by atoms with Crippen molar-refractivity contribution in [1.29, 1.82) is 0 Å². The zero-order valence-electron chi connectivity index (χ0n) is 13.9. The second-order valence-corrected chi connectivity index (χ2v) is 7.82. The van der Waals surface area contributed by atoms with E-state index < -0.39 is 33.5 Å². The summed E-state index contributed by atoms with van der Waals surface area (Å²) in [6, 6.07) is 9.42. The van der Waals surface area contributed by atoms with Crippen LogP contribution in [-0.4, -0.2) is 27.9 Å². The van der Waals surface area contributed by atoms with E-state index in [1.807, 2.05) is 0 Å². The van der Waals surface area contributed by atoms with Gasteiger partial charge in [-0.1, -0.05) is 12.1 Å². The molecular formula is C17H16F4N2O3S. The fraction of sp³-hybridized carbons (Fsp3) is 0.294. The van der Waals surface area contributed by atoms with Gasteiger partial charge in [0.25, 0.3) is 0 Å². The first-order valence-corrected chi connectivity index (χ1v) is 9.45. The van der Waals surface area contributed by atoms with Crippen molar-refractivity contribution in [2.24, 2.45) is 0 Å². The number of hydrogen-bond donors (Lipinski definition) is 2. The molecule has 2 N–H and O–H groups in total. The molecular weight excluding hydrogens is 388 g/mol. The topological polar surface area (TPSA) is 67.4 Å². The Bertz CT molecular complexity index is 891. The van der Waals surface area contributed by atoms with Gasteiger partial charge < -0.3 is 10.1 Å². The van der Waals surface area contributed by atoms with Gasteiger partial charge in [-0.2, -0.15) is 4.72 Å². The highest BCUT2D eigenvalue weighted by molar-refractivity contribution is 7.89. The number of alkyl halides is 3. The van der Waals surface area contributed by atoms with Gasteiger partial charge >= 0.3 is 6.36 Å². The van der Waals surface area contributed by atoms with Gasteiger partial charge in [0.1, 0.15) is 11.6 Å². The van der Waals surface area contributed by atoms with Crippen LogP contribution in [0.5, 0.6) is 5.75 Å². The van der Waals surface area contributed by atoms with Crippen LogP contribution in [0.15, 0.2) is 53.4 Å². The van der Waals surface area contributed by atoms with Crippen LogP contribution in [0.4, 0.5) is 17.6 Å². The highest BCUT2D eigenvalue weighted by atomic mass is 32.2. The Morgan fingerprint density at radius 1 is 1.04 bits per heavy atom. The van der Waals surface area contributed by atoms with Gasteiger partial charge in [-0.25, -0.2) is 12.8 Å². The van der Waals surface area contributed by atoms with Crippen molar-refractivity contribution in [3.8, 4) is 5.75 Å². The predicted octanol–water partition coefficient (Wildman–Crippen LogP) is 2.89. The summed E-state index contributed by atoms with van der Waals surface area (Å²) in [4.78, 5) is -0.203. The molecule has 0 aromatic heterocycles. The van der Waals surface area contributed by atoms with Crippen LogP contribution in [0, 0.1) is 5.82 Å². The first-order chi connectivity index (χ1) is 12.6. The number of rotatable bonds is 5. The number of ether oxygens (including phenoxy) is 1. The number of nitrogens with one attached hydrogen (secondary N) is 2. The molecule has 1 aliphatic heterocycles. The lowest BCUT2D eigenvalue weighted by Crippen LogP contribution is -2.47.